The standard InChI is InChI=1S/C10H10F3NO3S2/c11-10(12,13)9(17)14-7-6(8(15)16)4-1-2-18-3-5(4)19-7/h9,14,17H,1-3H2,(H,15,16). The summed E-state index contributed by atoms with van der Waals surface area (Å²) in [5.74, 6) is 0.0521. The highest BCUT2D eigenvalue weighted by atomic mass is 32.2. The maximum atomic E-state index is 12.3. The van der Waals surface area contributed by atoms with Crippen LogP contribution in [0.5, 0.6) is 0 Å². The molecule has 0 fully saturated rings. The molecule has 1 aliphatic heterocycles. The lowest BCUT2D eigenvalue weighted by atomic mass is 10.1. The lowest BCUT2D eigenvalue weighted by Gasteiger charge is -2.16. The van der Waals surface area contributed by atoms with Gasteiger partial charge in [-0.1, -0.05) is 0 Å². The van der Waals surface area contributed by atoms with E-state index >= 15 is 0 Å². The number of hydrogen-bond acceptors (Lipinski definition) is 5. The first kappa shape index (κ1) is 14.5. The largest absolute Gasteiger partial charge is 0.478 e. The lowest BCUT2D eigenvalue weighted by Crippen LogP contribution is -2.35. The SMILES string of the molecule is O=C(O)c1c(NC(O)C(F)(F)F)sc2c1CCSC2. The Morgan fingerprint density at radius 1 is 1.42 bits per heavy atom. The molecule has 9 heteroatoms. The second-order valence-electron chi connectivity index (χ2n) is 3.90. The molecule has 0 saturated heterocycles. The quantitative estimate of drug-likeness (QED) is 0.748. The molecular weight excluding hydrogens is 303 g/mol. The van der Waals surface area contributed by atoms with Gasteiger partial charge in [-0.05, 0) is 17.7 Å². The van der Waals surface area contributed by atoms with Crippen LogP contribution in [-0.2, 0) is 12.2 Å². The van der Waals surface area contributed by atoms with Crippen LogP contribution in [0.25, 0.3) is 0 Å². The maximum absolute atomic E-state index is 12.3. The Morgan fingerprint density at radius 3 is 2.68 bits per heavy atom. The van der Waals surface area contributed by atoms with E-state index in [1.807, 2.05) is 5.32 Å². The molecule has 106 valence electrons. The van der Waals surface area contributed by atoms with Crippen LogP contribution in [0.1, 0.15) is 20.8 Å². The number of alkyl halides is 3. The summed E-state index contributed by atoms with van der Waals surface area (Å²) in [7, 11) is 0. The number of anilines is 1. The topological polar surface area (TPSA) is 69.6 Å². The third kappa shape index (κ3) is 2.98. The van der Waals surface area contributed by atoms with E-state index in [9.17, 15) is 18.0 Å². The molecule has 0 aliphatic carbocycles. The predicted octanol–water partition coefficient (Wildman–Crippen LogP) is 2.53. The first-order chi connectivity index (χ1) is 8.80. The van der Waals surface area contributed by atoms with Crippen LogP contribution in [-0.4, -0.2) is 34.3 Å². The summed E-state index contributed by atoms with van der Waals surface area (Å²) in [6, 6.07) is 0. The van der Waals surface area contributed by atoms with Crippen molar-refractivity contribution in [2.45, 2.75) is 24.6 Å². The molecule has 19 heavy (non-hydrogen) atoms. The molecule has 1 unspecified atom stereocenters. The molecule has 0 radical (unpaired) electrons. The molecule has 1 aliphatic rings. The van der Waals surface area contributed by atoms with Crippen molar-refractivity contribution in [1.29, 1.82) is 0 Å². The minimum absolute atomic E-state index is 0.134. The van der Waals surface area contributed by atoms with Gasteiger partial charge >= 0.3 is 12.1 Å². The Hall–Kier alpha value is -0.930. The number of rotatable bonds is 3. The minimum Gasteiger partial charge on any atom is -0.478 e. The van der Waals surface area contributed by atoms with Gasteiger partial charge in [-0.15, -0.1) is 11.3 Å². The van der Waals surface area contributed by atoms with Crippen LogP contribution in [0.2, 0.25) is 0 Å². The molecule has 3 N–H and O–H groups in total. The Morgan fingerprint density at radius 2 is 2.11 bits per heavy atom. The number of aromatic carboxylic acids is 1. The zero-order valence-corrected chi connectivity index (χ0v) is 11.1. The molecule has 1 aromatic rings. The fourth-order valence-electron chi connectivity index (χ4n) is 1.77. The first-order valence-electron chi connectivity index (χ1n) is 5.27. The van der Waals surface area contributed by atoms with Gasteiger partial charge in [0.25, 0.3) is 0 Å². The normalized spacial score (nSPS) is 16.8. The lowest BCUT2D eigenvalue weighted by molar-refractivity contribution is -0.194. The smallest absolute Gasteiger partial charge is 0.433 e. The van der Waals surface area contributed by atoms with Crippen molar-refractivity contribution in [2.24, 2.45) is 0 Å². The van der Waals surface area contributed by atoms with Crippen molar-refractivity contribution in [3.63, 3.8) is 0 Å². The molecule has 0 spiro atoms. The highest BCUT2D eigenvalue weighted by Gasteiger charge is 2.40. The summed E-state index contributed by atoms with van der Waals surface area (Å²) in [4.78, 5) is 11.9. The van der Waals surface area contributed by atoms with Gasteiger partial charge in [-0.25, -0.2) is 4.79 Å². The Kier molecular flexibility index (Phi) is 3.98. The third-order valence-corrected chi connectivity index (χ3v) is 4.94. The van der Waals surface area contributed by atoms with E-state index in [-0.39, 0.29) is 10.6 Å². The van der Waals surface area contributed by atoms with E-state index in [0.29, 0.717) is 17.7 Å². The number of carboxylic acid groups (broad SMARTS) is 1. The van der Waals surface area contributed by atoms with Crippen LogP contribution in [0.15, 0.2) is 0 Å². The number of hydrogen-bond donors (Lipinski definition) is 3. The van der Waals surface area contributed by atoms with E-state index in [1.165, 1.54) is 0 Å². The number of thioether (sulfide) groups is 1. The highest BCUT2D eigenvalue weighted by Crippen LogP contribution is 2.40. The number of carboxylic acids is 1. The van der Waals surface area contributed by atoms with Gasteiger partial charge in [0.1, 0.15) is 5.00 Å². The van der Waals surface area contributed by atoms with Crippen molar-refractivity contribution >= 4 is 34.1 Å². The summed E-state index contributed by atoms with van der Waals surface area (Å²) in [5.41, 5.74) is 0.428. The predicted molar refractivity (Wildman–Crippen MR) is 66.8 cm³/mol. The average Bonchev–Trinajstić information content (AvgIpc) is 2.65. The number of fused-ring (bicyclic) bond motifs is 1. The van der Waals surface area contributed by atoms with Crippen LogP contribution in [0.3, 0.4) is 0 Å². The second-order valence-corrected chi connectivity index (χ2v) is 6.11. The Labute approximate surface area is 114 Å². The number of thiophene rings is 1. The molecule has 1 atom stereocenters. The molecule has 2 rings (SSSR count). The van der Waals surface area contributed by atoms with E-state index in [1.54, 1.807) is 11.8 Å². The summed E-state index contributed by atoms with van der Waals surface area (Å²) < 4.78 is 36.9. The van der Waals surface area contributed by atoms with Gasteiger partial charge in [0.2, 0.25) is 6.23 Å². The molecule has 2 heterocycles. The van der Waals surface area contributed by atoms with Crippen LogP contribution in [0.4, 0.5) is 18.2 Å². The average molecular weight is 313 g/mol. The zero-order chi connectivity index (χ0) is 14.2. The number of carbonyl (C=O) groups is 1. The van der Waals surface area contributed by atoms with Gasteiger partial charge in [-0.2, -0.15) is 24.9 Å². The van der Waals surface area contributed by atoms with E-state index in [2.05, 4.69) is 0 Å². The van der Waals surface area contributed by atoms with Gasteiger partial charge in [-0.3, -0.25) is 0 Å². The van der Waals surface area contributed by atoms with Crippen LogP contribution in [0, 0.1) is 0 Å². The molecule has 0 saturated carbocycles. The van der Waals surface area contributed by atoms with Gasteiger partial charge in [0, 0.05) is 10.6 Å². The Bertz CT molecular complexity index is 501. The molecule has 1 aromatic heterocycles. The molecule has 0 aromatic carbocycles. The van der Waals surface area contributed by atoms with Crippen molar-refractivity contribution in [3.05, 3.63) is 16.0 Å². The summed E-state index contributed by atoms with van der Waals surface area (Å²) >= 11 is 2.56. The summed E-state index contributed by atoms with van der Waals surface area (Å²) in [5, 5.41) is 19.8. The summed E-state index contributed by atoms with van der Waals surface area (Å²) in [6.45, 7) is 0. The van der Waals surface area contributed by atoms with Crippen molar-refractivity contribution in [1.82, 2.24) is 0 Å². The van der Waals surface area contributed by atoms with Crippen LogP contribution >= 0.6 is 23.1 Å². The highest BCUT2D eigenvalue weighted by molar-refractivity contribution is 7.98. The first-order valence-corrected chi connectivity index (χ1v) is 7.24. The third-order valence-electron chi connectivity index (χ3n) is 2.61. The Balaban J connectivity index is 2.35. The molecular formula is C10H10F3NO3S2. The van der Waals surface area contributed by atoms with Gasteiger partial charge < -0.3 is 15.5 Å². The van der Waals surface area contributed by atoms with Gasteiger partial charge in [0.05, 0.1) is 5.56 Å². The van der Waals surface area contributed by atoms with Crippen molar-refractivity contribution in [2.75, 3.05) is 11.1 Å². The van der Waals surface area contributed by atoms with Crippen molar-refractivity contribution < 1.29 is 28.2 Å². The number of nitrogens with one attached hydrogen (secondary N) is 1. The summed E-state index contributed by atoms with van der Waals surface area (Å²) in [6.07, 6.45) is -7.09. The monoisotopic (exact) mass is 313 g/mol. The van der Waals surface area contributed by atoms with E-state index in [0.717, 1.165) is 22.0 Å². The zero-order valence-electron chi connectivity index (χ0n) is 9.45. The number of halogens is 3. The molecule has 0 bridgehead atoms. The second kappa shape index (κ2) is 5.22. The van der Waals surface area contributed by atoms with Crippen molar-refractivity contribution in [3.8, 4) is 0 Å². The maximum Gasteiger partial charge on any atom is 0.433 e. The fourth-order valence-corrected chi connectivity index (χ4v) is 4.16. The fraction of sp³-hybridized carbons (Fsp3) is 0.500. The van der Waals surface area contributed by atoms with E-state index in [4.69, 9.17) is 10.2 Å². The van der Waals surface area contributed by atoms with Gasteiger partial charge in [0.15, 0.2) is 0 Å². The number of aliphatic hydroxyl groups excluding tert-OH is 1. The number of aliphatic hydroxyl groups is 1. The van der Waals surface area contributed by atoms with E-state index < -0.39 is 18.4 Å². The molecule has 4 nitrogen and oxygen atoms in total. The molecule has 0 amide bonds. The van der Waals surface area contributed by atoms with Crippen LogP contribution < -0.4 is 5.32 Å². The minimum atomic E-state index is -4.84.